The Kier molecular flexibility index (Phi) is 7.17. The van der Waals surface area contributed by atoms with Gasteiger partial charge in [0, 0.05) is 25.2 Å². The van der Waals surface area contributed by atoms with Crippen molar-refractivity contribution in [1.29, 1.82) is 0 Å². The molecular formula is C19H25NO6. The minimum atomic E-state index is -1.26. The Morgan fingerprint density at radius 1 is 1.15 bits per heavy atom. The van der Waals surface area contributed by atoms with Gasteiger partial charge in [0.05, 0.1) is 0 Å². The first-order chi connectivity index (χ1) is 12.4. The van der Waals surface area contributed by atoms with Gasteiger partial charge in [-0.05, 0) is 49.1 Å². The molecule has 1 aliphatic heterocycles. The number of benzene rings is 1. The third kappa shape index (κ3) is 5.86. The van der Waals surface area contributed by atoms with Gasteiger partial charge in [0.2, 0.25) is 0 Å². The molecule has 0 aromatic heterocycles. The number of fused-ring (bicyclic) bond motifs is 1. The van der Waals surface area contributed by atoms with Crippen LogP contribution in [0.3, 0.4) is 0 Å². The Morgan fingerprint density at radius 3 is 2.38 bits per heavy atom. The van der Waals surface area contributed by atoms with Crippen LogP contribution < -0.4 is 4.74 Å². The molecule has 0 bridgehead atoms. The molecule has 0 saturated carbocycles. The fraction of sp³-hybridized carbons (Fsp3) is 0.474. The van der Waals surface area contributed by atoms with Crippen LogP contribution in [0.2, 0.25) is 0 Å². The van der Waals surface area contributed by atoms with Crippen LogP contribution >= 0.6 is 0 Å². The number of carboxylic acid groups (broad SMARTS) is 2. The highest BCUT2D eigenvalue weighted by atomic mass is 16.5. The fourth-order valence-electron chi connectivity index (χ4n) is 3.15. The van der Waals surface area contributed by atoms with Crippen molar-refractivity contribution in [2.24, 2.45) is 0 Å². The molecule has 0 unspecified atom stereocenters. The first-order valence-corrected chi connectivity index (χ1v) is 8.71. The van der Waals surface area contributed by atoms with E-state index < -0.39 is 11.9 Å². The van der Waals surface area contributed by atoms with Crippen molar-refractivity contribution in [3.05, 3.63) is 41.5 Å². The van der Waals surface area contributed by atoms with Crippen molar-refractivity contribution >= 4 is 11.9 Å². The Balaban J connectivity index is 0.000000260. The largest absolute Gasteiger partial charge is 0.486 e. The molecule has 3 rings (SSSR count). The number of carbonyl (C=O) groups is 2. The molecule has 7 heteroatoms. The normalized spacial score (nSPS) is 21.9. The van der Waals surface area contributed by atoms with Gasteiger partial charge >= 0.3 is 11.9 Å². The van der Waals surface area contributed by atoms with E-state index in [1.165, 1.54) is 30.4 Å². The number of hydrogen-bond donors (Lipinski definition) is 3. The molecule has 0 amide bonds. The van der Waals surface area contributed by atoms with Gasteiger partial charge in [-0.15, -0.1) is 0 Å². The number of β-amino-alcohol motifs (C(OH)–C–C–N with tert-alkyl or cyclic N) is 1. The predicted octanol–water partition coefficient (Wildman–Crippen LogP) is 1.33. The molecule has 3 N–H and O–H groups in total. The van der Waals surface area contributed by atoms with E-state index >= 15 is 0 Å². The fourth-order valence-corrected chi connectivity index (χ4v) is 3.15. The lowest BCUT2D eigenvalue weighted by molar-refractivity contribution is -0.134. The van der Waals surface area contributed by atoms with Crippen molar-refractivity contribution < 1.29 is 29.6 Å². The van der Waals surface area contributed by atoms with E-state index in [1.807, 2.05) is 6.07 Å². The predicted molar refractivity (Wildman–Crippen MR) is 95.4 cm³/mol. The van der Waals surface area contributed by atoms with E-state index in [4.69, 9.17) is 14.9 Å². The lowest BCUT2D eigenvalue weighted by atomic mass is 10.1. The van der Waals surface area contributed by atoms with Crippen LogP contribution in [0.15, 0.2) is 30.4 Å². The lowest BCUT2D eigenvalue weighted by Gasteiger charge is -2.17. The highest BCUT2D eigenvalue weighted by Gasteiger charge is 2.32. The summed E-state index contributed by atoms with van der Waals surface area (Å²) in [5, 5.41) is 25.6. The summed E-state index contributed by atoms with van der Waals surface area (Å²) in [6.45, 7) is 4.65. The number of hydrogen-bond acceptors (Lipinski definition) is 5. The van der Waals surface area contributed by atoms with Gasteiger partial charge in [-0.3, -0.25) is 4.90 Å². The second kappa shape index (κ2) is 9.35. The van der Waals surface area contributed by atoms with Crippen molar-refractivity contribution in [1.82, 2.24) is 4.90 Å². The highest BCUT2D eigenvalue weighted by Crippen LogP contribution is 2.27. The number of ether oxygens (including phenoxy) is 1. The van der Waals surface area contributed by atoms with Gasteiger partial charge in [0.1, 0.15) is 18.0 Å². The number of aryl methyl sites for hydroxylation is 2. The van der Waals surface area contributed by atoms with Crippen LogP contribution in [0.25, 0.3) is 0 Å². The van der Waals surface area contributed by atoms with Gasteiger partial charge in [-0.1, -0.05) is 13.0 Å². The van der Waals surface area contributed by atoms with Crippen molar-refractivity contribution in [2.45, 2.75) is 38.4 Å². The molecule has 1 saturated heterocycles. The smallest absolute Gasteiger partial charge is 0.328 e. The van der Waals surface area contributed by atoms with E-state index in [0.29, 0.717) is 12.2 Å². The zero-order chi connectivity index (χ0) is 19.1. The first kappa shape index (κ1) is 19.9. The quantitative estimate of drug-likeness (QED) is 0.678. The Hall–Kier alpha value is -2.38. The second-order valence-corrected chi connectivity index (χ2v) is 6.37. The summed E-state index contributed by atoms with van der Waals surface area (Å²) >= 11 is 0. The van der Waals surface area contributed by atoms with Crippen molar-refractivity contribution in [2.75, 3.05) is 19.6 Å². The number of aliphatic carboxylic acids is 2. The monoisotopic (exact) mass is 363 g/mol. The summed E-state index contributed by atoms with van der Waals surface area (Å²) in [5.74, 6) is -1.60. The van der Waals surface area contributed by atoms with Gasteiger partial charge in [-0.25, -0.2) is 9.59 Å². The van der Waals surface area contributed by atoms with E-state index in [1.54, 1.807) is 0 Å². The molecule has 7 nitrogen and oxygen atoms in total. The van der Waals surface area contributed by atoms with Crippen LogP contribution in [0.1, 0.15) is 24.5 Å². The van der Waals surface area contributed by atoms with Gasteiger partial charge in [0.15, 0.2) is 0 Å². The Labute approximate surface area is 152 Å². The third-order valence-electron chi connectivity index (χ3n) is 4.49. The molecule has 1 heterocycles. The lowest BCUT2D eigenvalue weighted by Crippen LogP contribution is -2.30. The summed E-state index contributed by atoms with van der Waals surface area (Å²) in [6, 6.07) is 6.38. The number of likely N-dealkylation sites (N-methyl/N-ethyl adjacent to an activating group) is 1. The minimum absolute atomic E-state index is 0.0793. The maximum Gasteiger partial charge on any atom is 0.328 e. The summed E-state index contributed by atoms with van der Waals surface area (Å²) in [6.07, 6.45) is 4.30. The maximum absolute atomic E-state index is 9.98. The maximum atomic E-state index is 9.98. The number of nitrogens with zero attached hydrogens (tertiary/aromatic N) is 1. The summed E-state index contributed by atoms with van der Waals surface area (Å²) in [5.41, 5.74) is 2.89. The van der Waals surface area contributed by atoms with Crippen LogP contribution in [-0.4, -0.2) is 64.0 Å². The Bertz CT molecular complexity index is 656. The molecule has 142 valence electrons. The molecule has 0 spiro atoms. The van der Waals surface area contributed by atoms with E-state index in [-0.39, 0.29) is 12.2 Å². The second-order valence-electron chi connectivity index (χ2n) is 6.37. The molecule has 2 aliphatic rings. The standard InChI is InChI=1S/C15H21NO2.C4H4O4/c1-2-16-9-14(17)15(10-16)18-13-7-6-11-4-3-5-12(11)8-13;5-3(6)1-2-4(7)8/h6-8,14-15,17H,2-5,9-10H2,1H3;1-2H,(H,5,6)(H,7,8)/b;2-1-/t14-,15-;/m0./s1. The molecular weight excluding hydrogens is 338 g/mol. The Morgan fingerprint density at radius 2 is 1.81 bits per heavy atom. The number of likely N-dealkylation sites (tertiary alicyclic amines) is 1. The molecule has 26 heavy (non-hydrogen) atoms. The molecule has 1 aromatic rings. The van der Waals surface area contributed by atoms with Crippen LogP contribution in [-0.2, 0) is 22.4 Å². The topological polar surface area (TPSA) is 107 Å². The van der Waals surface area contributed by atoms with Gasteiger partial charge < -0.3 is 20.1 Å². The molecule has 1 aromatic carbocycles. The summed E-state index contributed by atoms with van der Waals surface area (Å²) in [4.78, 5) is 21.3. The average Bonchev–Trinajstić information content (AvgIpc) is 3.20. The minimum Gasteiger partial charge on any atom is -0.486 e. The van der Waals surface area contributed by atoms with Crippen LogP contribution in [0.5, 0.6) is 5.75 Å². The third-order valence-corrected chi connectivity index (χ3v) is 4.49. The number of rotatable bonds is 5. The zero-order valence-corrected chi connectivity index (χ0v) is 14.8. The zero-order valence-electron chi connectivity index (χ0n) is 14.8. The molecule has 1 aliphatic carbocycles. The highest BCUT2D eigenvalue weighted by molar-refractivity contribution is 5.89. The number of aliphatic hydroxyl groups is 1. The van der Waals surface area contributed by atoms with Crippen LogP contribution in [0.4, 0.5) is 0 Å². The number of carboxylic acids is 2. The van der Waals surface area contributed by atoms with E-state index in [9.17, 15) is 14.7 Å². The average molecular weight is 363 g/mol. The van der Waals surface area contributed by atoms with E-state index in [0.717, 1.165) is 25.4 Å². The van der Waals surface area contributed by atoms with Gasteiger partial charge in [0.25, 0.3) is 0 Å². The van der Waals surface area contributed by atoms with Crippen molar-refractivity contribution in [3.63, 3.8) is 0 Å². The molecule has 0 radical (unpaired) electrons. The van der Waals surface area contributed by atoms with E-state index in [2.05, 4.69) is 24.0 Å². The molecule has 2 atom stereocenters. The van der Waals surface area contributed by atoms with Crippen molar-refractivity contribution in [3.8, 4) is 5.75 Å². The summed E-state index contributed by atoms with van der Waals surface area (Å²) in [7, 11) is 0. The SMILES string of the molecule is CCN1C[C@H](Oc2ccc3c(c2)CCC3)[C@@H](O)C1.O=C(O)/C=C\C(=O)O. The molecule has 1 fully saturated rings. The summed E-state index contributed by atoms with van der Waals surface area (Å²) < 4.78 is 5.95. The first-order valence-electron chi connectivity index (χ1n) is 8.71. The van der Waals surface area contributed by atoms with Crippen LogP contribution in [0, 0.1) is 0 Å². The van der Waals surface area contributed by atoms with Gasteiger partial charge in [-0.2, -0.15) is 0 Å². The number of aliphatic hydroxyl groups excluding tert-OH is 1.